The summed E-state index contributed by atoms with van der Waals surface area (Å²) in [7, 11) is 0. The molecule has 4 heteroatoms. The molecule has 1 aromatic carbocycles. The predicted molar refractivity (Wildman–Crippen MR) is 84.0 cm³/mol. The lowest BCUT2D eigenvalue weighted by Crippen LogP contribution is -2.23. The first-order chi connectivity index (χ1) is 9.84. The van der Waals surface area contributed by atoms with Crippen molar-refractivity contribution in [2.75, 3.05) is 19.8 Å². The van der Waals surface area contributed by atoms with Gasteiger partial charge in [0.2, 0.25) is 0 Å². The minimum atomic E-state index is -0.645. The third-order valence-electron chi connectivity index (χ3n) is 3.17. The van der Waals surface area contributed by atoms with Crippen LogP contribution >= 0.6 is 0 Å². The van der Waals surface area contributed by atoms with Crippen LogP contribution in [0, 0.1) is 0 Å². The summed E-state index contributed by atoms with van der Waals surface area (Å²) in [6.07, 6.45) is 1.43. The Morgan fingerprint density at radius 3 is 2.52 bits per heavy atom. The van der Waals surface area contributed by atoms with Gasteiger partial charge >= 0.3 is 0 Å². The molecular formula is C17H28O4. The normalized spacial score (nSPS) is 13.2. The van der Waals surface area contributed by atoms with Crippen LogP contribution in [-0.2, 0) is 10.2 Å². The molecule has 0 radical (unpaired) electrons. The topological polar surface area (TPSA) is 58.9 Å². The van der Waals surface area contributed by atoms with Gasteiger partial charge in [0.25, 0.3) is 0 Å². The molecule has 4 nitrogen and oxygen atoms in total. The molecule has 0 amide bonds. The first-order valence-electron chi connectivity index (χ1n) is 7.56. The van der Waals surface area contributed by atoms with Crippen molar-refractivity contribution in [2.45, 2.75) is 52.1 Å². The van der Waals surface area contributed by atoms with Crippen LogP contribution in [-0.4, -0.2) is 36.1 Å². The van der Waals surface area contributed by atoms with Crippen molar-refractivity contribution in [3.05, 3.63) is 23.8 Å². The quantitative estimate of drug-likeness (QED) is 0.723. The van der Waals surface area contributed by atoms with Crippen molar-refractivity contribution in [3.8, 4) is 11.5 Å². The van der Waals surface area contributed by atoms with E-state index in [2.05, 4.69) is 6.92 Å². The van der Waals surface area contributed by atoms with Crippen LogP contribution in [0.1, 0.15) is 46.1 Å². The highest BCUT2D eigenvalue weighted by Crippen LogP contribution is 2.33. The van der Waals surface area contributed by atoms with Gasteiger partial charge in [-0.2, -0.15) is 0 Å². The summed E-state index contributed by atoms with van der Waals surface area (Å²) in [5, 5.41) is 19.7. The SMILES string of the molecule is CCCCOCC(O)COc1ccc(O)c(C(C)(C)C)c1. The van der Waals surface area contributed by atoms with Crippen LogP contribution in [0.15, 0.2) is 18.2 Å². The van der Waals surface area contributed by atoms with Gasteiger partial charge in [0.05, 0.1) is 6.61 Å². The summed E-state index contributed by atoms with van der Waals surface area (Å²) in [6.45, 7) is 9.32. The molecule has 120 valence electrons. The fourth-order valence-corrected chi connectivity index (χ4v) is 1.91. The van der Waals surface area contributed by atoms with Crippen LogP contribution in [0.5, 0.6) is 11.5 Å². The number of rotatable bonds is 8. The molecule has 1 unspecified atom stereocenters. The van der Waals surface area contributed by atoms with E-state index in [4.69, 9.17) is 9.47 Å². The number of hydrogen-bond donors (Lipinski definition) is 2. The Balaban J connectivity index is 2.48. The van der Waals surface area contributed by atoms with E-state index in [0.29, 0.717) is 12.4 Å². The molecular weight excluding hydrogens is 268 g/mol. The van der Waals surface area contributed by atoms with E-state index in [9.17, 15) is 10.2 Å². The van der Waals surface area contributed by atoms with Crippen molar-refractivity contribution in [3.63, 3.8) is 0 Å². The van der Waals surface area contributed by atoms with Crippen molar-refractivity contribution in [2.24, 2.45) is 0 Å². The molecule has 1 atom stereocenters. The van der Waals surface area contributed by atoms with Gasteiger partial charge in [-0.1, -0.05) is 34.1 Å². The summed E-state index contributed by atoms with van der Waals surface area (Å²) in [5.41, 5.74) is 0.666. The van der Waals surface area contributed by atoms with Gasteiger partial charge in [-0.15, -0.1) is 0 Å². The second kappa shape index (κ2) is 8.25. The minimum Gasteiger partial charge on any atom is -0.508 e. The molecule has 0 saturated heterocycles. The standard InChI is InChI=1S/C17H28O4/c1-5-6-9-20-11-13(18)12-21-14-7-8-16(19)15(10-14)17(2,3)4/h7-8,10,13,18-19H,5-6,9,11-12H2,1-4H3. The molecule has 0 aromatic heterocycles. The minimum absolute atomic E-state index is 0.161. The average molecular weight is 296 g/mol. The third kappa shape index (κ3) is 6.36. The van der Waals surface area contributed by atoms with Gasteiger partial charge in [-0.25, -0.2) is 0 Å². The highest BCUT2D eigenvalue weighted by atomic mass is 16.5. The summed E-state index contributed by atoms with van der Waals surface area (Å²) >= 11 is 0. The van der Waals surface area contributed by atoms with E-state index in [1.165, 1.54) is 0 Å². The Labute approximate surface area is 127 Å². The molecule has 1 aromatic rings. The predicted octanol–water partition coefficient (Wildman–Crippen LogP) is 3.25. The Morgan fingerprint density at radius 2 is 1.90 bits per heavy atom. The maximum absolute atomic E-state index is 9.89. The molecule has 0 aliphatic rings. The van der Waals surface area contributed by atoms with Crippen LogP contribution in [0.25, 0.3) is 0 Å². The smallest absolute Gasteiger partial charge is 0.120 e. The number of aliphatic hydroxyl groups excluding tert-OH is 1. The van der Waals surface area contributed by atoms with Gasteiger partial charge in [-0.05, 0) is 30.0 Å². The molecule has 2 N–H and O–H groups in total. The number of aliphatic hydroxyl groups is 1. The van der Waals surface area contributed by atoms with Crippen molar-refractivity contribution in [1.29, 1.82) is 0 Å². The van der Waals surface area contributed by atoms with Crippen LogP contribution < -0.4 is 4.74 Å². The van der Waals surface area contributed by atoms with Gasteiger partial charge < -0.3 is 19.7 Å². The molecule has 0 heterocycles. The number of hydrogen-bond acceptors (Lipinski definition) is 4. The summed E-state index contributed by atoms with van der Waals surface area (Å²) in [5.74, 6) is 0.906. The van der Waals surface area contributed by atoms with E-state index in [0.717, 1.165) is 18.4 Å². The fourth-order valence-electron chi connectivity index (χ4n) is 1.91. The monoisotopic (exact) mass is 296 g/mol. The van der Waals surface area contributed by atoms with Gasteiger partial charge in [0, 0.05) is 12.2 Å². The summed E-state index contributed by atoms with van der Waals surface area (Å²) in [4.78, 5) is 0. The Hall–Kier alpha value is -1.26. The molecule has 0 fully saturated rings. The molecule has 21 heavy (non-hydrogen) atoms. The average Bonchev–Trinajstić information content (AvgIpc) is 2.41. The van der Waals surface area contributed by atoms with E-state index in [-0.39, 0.29) is 24.4 Å². The second-order valence-electron chi connectivity index (χ2n) is 6.32. The first kappa shape index (κ1) is 17.8. The maximum atomic E-state index is 9.89. The van der Waals surface area contributed by atoms with Gasteiger partial charge in [0.1, 0.15) is 24.2 Å². The van der Waals surface area contributed by atoms with Gasteiger partial charge in [-0.3, -0.25) is 0 Å². The molecule has 0 spiro atoms. The highest BCUT2D eigenvalue weighted by Gasteiger charge is 2.19. The summed E-state index contributed by atoms with van der Waals surface area (Å²) in [6, 6.07) is 5.15. The van der Waals surface area contributed by atoms with Crippen molar-refractivity contribution < 1.29 is 19.7 Å². The van der Waals surface area contributed by atoms with Crippen LogP contribution in [0.2, 0.25) is 0 Å². The van der Waals surface area contributed by atoms with E-state index in [1.807, 2.05) is 26.8 Å². The molecule has 1 rings (SSSR count). The van der Waals surface area contributed by atoms with E-state index >= 15 is 0 Å². The molecule has 0 bridgehead atoms. The number of phenolic OH excluding ortho intramolecular Hbond substituents is 1. The molecule has 0 saturated carbocycles. The van der Waals surface area contributed by atoms with Crippen molar-refractivity contribution in [1.82, 2.24) is 0 Å². The molecule has 0 aliphatic heterocycles. The zero-order chi connectivity index (χ0) is 15.9. The third-order valence-corrected chi connectivity index (χ3v) is 3.17. The highest BCUT2D eigenvalue weighted by molar-refractivity contribution is 5.43. The lowest BCUT2D eigenvalue weighted by atomic mass is 9.86. The number of phenols is 1. The lowest BCUT2D eigenvalue weighted by molar-refractivity contribution is 0.0113. The molecule has 0 aliphatic carbocycles. The zero-order valence-electron chi connectivity index (χ0n) is 13.6. The number of ether oxygens (including phenoxy) is 2. The number of unbranched alkanes of at least 4 members (excludes halogenated alkanes) is 1. The lowest BCUT2D eigenvalue weighted by Gasteiger charge is -2.21. The Morgan fingerprint density at radius 1 is 1.19 bits per heavy atom. The Bertz CT molecular complexity index is 423. The number of benzene rings is 1. The van der Waals surface area contributed by atoms with E-state index < -0.39 is 6.10 Å². The largest absolute Gasteiger partial charge is 0.508 e. The number of aromatic hydroxyl groups is 1. The fraction of sp³-hybridized carbons (Fsp3) is 0.647. The van der Waals surface area contributed by atoms with Crippen LogP contribution in [0.4, 0.5) is 0 Å². The van der Waals surface area contributed by atoms with Gasteiger partial charge in [0.15, 0.2) is 0 Å². The maximum Gasteiger partial charge on any atom is 0.120 e. The zero-order valence-corrected chi connectivity index (χ0v) is 13.6. The van der Waals surface area contributed by atoms with Crippen LogP contribution in [0.3, 0.4) is 0 Å². The van der Waals surface area contributed by atoms with Crippen molar-refractivity contribution >= 4 is 0 Å². The summed E-state index contributed by atoms with van der Waals surface area (Å²) < 4.78 is 10.9. The first-order valence-corrected chi connectivity index (χ1v) is 7.56. The second-order valence-corrected chi connectivity index (χ2v) is 6.32. The van der Waals surface area contributed by atoms with E-state index in [1.54, 1.807) is 12.1 Å². The Kier molecular flexibility index (Phi) is 6.99.